The van der Waals surface area contributed by atoms with Crippen LogP contribution in [0.15, 0.2) is 18.2 Å². The molecule has 3 heteroatoms. The lowest BCUT2D eigenvalue weighted by Crippen LogP contribution is -2.40. The van der Waals surface area contributed by atoms with Gasteiger partial charge in [-0.1, -0.05) is 17.7 Å². The molecule has 3 nitrogen and oxygen atoms in total. The van der Waals surface area contributed by atoms with Crippen LogP contribution in [0.25, 0.3) is 0 Å². The zero-order valence-corrected chi connectivity index (χ0v) is 9.74. The number of nitrogens with two attached hydrogens (primary N) is 1. The number of benzene rings is 1. The van der Waals surface area contributed by atoms with Gasteiger partial charge >= 0.3 is 0 Å². The lowest BCUT2D eigenvalue weighted by atomic mass is 10.1. The lowest BCUT2D eigenvalue weighted by molar-refractivity contribution is -0.119. The number of nitrogens with zero attached hydrogens (tertiary/aromatic N) is 1. The number of aryl methyl sites for hydroxylation is 2. The minimum absolute atomic E-state index is 0.0676. The van der Waals surface area contributed by atoms with Gasteiger partial charge < -0.3 is 10.6 Å². The SMILES string of the molecule is Cc1ccc(N(C)C(=O)[C@@H](C)N)c(C)c1. The van der Waals surface area contributed by atoms with E-state index in [1.54, 1.807) is 18.9 Å². The fraction of sp³-hybridized carbons (Fsp3) is 0.417. The number of hydrogen-bond acceptors (Lipinski definition) is 2. The molecule has 0 aliphatic carbocycles. The summed E-state index contributed by atoms with van der Waals surface area (Å²) in [5, 5.41) is 0. The first kappa shape index (κ1) is 11.7. The predicted octanol–water partition coefficient (Wildman–Crippen LogP) is 1.61. The Balaban J connectivity index is 3.01. The van der Waals surface area contributed by atoms with Crippen molar-refractivity contribution in [2.45, 2.75) is 26.8 Å². The van der Waals surface area contributed by atoms with E-state index in [0.29, 0.717) is 0 Å². The van der Waals surface area contributed by atoms with Crippen LogP contribution in [0, 0.1) is 13.8 Å². The molecule has 0 aromatic heterocycles. The van der Waals surface area contributed by atoms with E-state index in [9.17, 15) is 4.79 Å². The number of anilines is 1. The molecule has 0 saturated carbocycles. The van der Waals surface area contributed by atoms with E-state index in [-0.39, 0.29) is 5.91 Å². The van der Waals surface area contributed by atoms with E-state index >= 15 is 0 Å². The van der Waals surface area contributed by atoms with Crippen molar-refractivity contribution in [1.82, 2.24) is 0 Å². The van der Waals surface area contributed by atoms with Crippen molar-refractivity contribution in [2.75, 3.05) is 11.9 Å². The largest absolute Gasteiger partial charge is 0.320 e. The van der Waals surface area contributed by atoms with Gasteiger partial charge in [0, 0.05) is 12.7 Å². The van der Waals surface area contributed by atoms with Crippen LogP contribution in [-0.4, -0.2) is 19.0 Å². The molecule has 0 aliphatic heterocycles. The van der Waals surface area contributed by atoms with Crippen LogP contribution in [0.3, 0.4) is 0 Å². The van der Waals surface area contributed by atoms with E-state index in [0.717, 1.165) is 11.3 Å². The molecule has 0 aliphatic rings. The molecule has 0 fully saturated rings. The maximum atomic E-state index is 11.7. The quantitative estimate of drug-likeness (QED) is 0.799. The average Bonchev–Trinajstić information content (AvgIpc) is 2.15. The molecule has 1 aromatic carbocycles. The van der Waals surface area contributed by atoms with Gasteiger partial charge in [0.25, 0.3) is 0 Å². The monoisotopic (exact) mass is 206 g/mol. The summed E-state index contributed by atoms with van der Waals surface area (Å²) < 4.78 is 0. The van der Waals surface area contributed by atoms with Crippen molar-refractivity contribution in [2.24, 2.45) is 5.73 Å². The number of hydrogen-bond donors (Lipinski definition) is 1. The van der Waals surface area contributed by atoms with Crippen LogP contribution in [0.4, 0.5) is 5.69 Å². The number of carbonyl (C=O) groups excluding carboxylic acids is 1. The minimum Gasteiger partial charge on any atom is -0.320 e. The number of likely N-dealkylation sites (N-methyl/N-ethyl adjacent to an activating group) is 1. The number of carbonyl (C=O) groups is 1. The molecule has 1 rings (SSSR count). The van der Waals surface area contributed by atoms with Crippen molar-refractivity contribution in [3.05, 3.63) is 29.3 Å². The summed E-state index contributed by atoms with van der Waals surface area (Å²) in [6.07, 6.45) is 0. The third-order valence-electron chi connectivity index (χ3n) is 2.43. The molecular weight excluding hydrogens is 188 g/mol. The van der Waals surface area contributed by atoms with Crippen LogP contribution >= 0.6 is 0 Å². The smallest absolute Gasteiger partial charge is 0.243 e. The van der Waals surface area contributed by atoms with Crippen molar-refractivity contribution in [3.63, 3.8) is 0 Å². The van der Waals surface area contributed by atoms with Crippen LogP contribution in [0.2, 0.25) is 0 Å². The van der Waals surface area contributed by atoms with E-state index < -0.39 is 6.04 Å². The molecule has 1 atom stereocenters. The molecule has 0 saturated heterocycles. The Labute approximate surface area is 90.9 Å². The maximum absolute atomic E-state index is 11.7. The molecule has 0 radical (unpaired) electrons. The molecule has 82 valence electrons. The van der Waals surface area contributed by atoms with Crippen LogP contribution in [0.1, 0.15) is 18.1 Å². The van der Waals surface area contributed by atoms with E-state index in [2.05, 4.69) is 6.07 Å². The summed E-state index contributed by atoms with van der Waals surface area (Å²) in [6.45, 7) is 5.72. The van der Waals surface area contributed by atoms with Gasteiger partial charge in [-0.05, 0) is 32.4 Å². The van der Waals surface area contributed by atoms with Crippen molar-refractivity contribution in [3.8, 4) is 0 Å². The third-order valence-corrected chi connectivity index (χ3v) is 2.43. The molecule has 0 bridgehead atoms. The van der Waals surface area contributed by atoms with Gasteiger partial charge in [0.2, 0.25) is 5.91 Å². The fourth-order valence-electron chi connectivity index (χ4n) is 1.61. The second kappa shape index (κ2) is 4.45. The highest BCUT2D eigenvalue weighted by atomic mass is 16.2. The molecular formula is C12H18N2O. The Bertz CT molecular complexity index is 372. The Morgan fingerprint density at radius 3 is 2.47 bits per heavy atom. The summed E-state index contributed by atoms with van der Waals surface area (Å²) >= 11 is 0. The zero-order valence-electron chi connectivity index (χ0n) is 9.74. The fourth-order valence-corrected chi connectivity index (χ4v) is 1.61. The van der Waals surface area contributed by atoms with E-state index in [1.165, 1.54) is 5.56 Å². The number of rotatable bonds is 2. The second-order valence-corrected chi connectivity index (χ2v) is 3.98. The van der Waals surface area contributed by atoms with Crippen LogP contribution < -0.4 is 10.6 Å². The van der Waals surface area contributed by atoms with Gasteiger partial charge in [-0.15, -0.1) is 0 Å². The molecule has 0 heterocycles. The van der Waals surface area contributed by atoms with Gasteiger partial charge in [-0.3, -0.25) is 4.79 Å². The Morgan fingerprint density at radius 1 is 1.40 bits per heavy atom. The molecule has 2 N–H and O–H groups in total. The molecule has 15 heavy (non-hydrogen) atoms. The van der Waals surface area contributed by atoms with Gasteiger partial charge in [0.1, 0.15) is 0 Å². The molecule has 1 amide bonds. The maximum Gasteiger partial charge on any atom is 0.243 e. The van der Waals surface area contributed by atoms with Gasteiger partial charge in [-0.25, -0.2) is 0 Å². The zero-order chi connectivity index (χ0) is 11.6. The van der Waals surface area contributed by atoms with Gasteiger partial charge in [0.05, 0.1) is 6.04 Å². The summed E-state index contributed by atoms with van der Waals surface area (Å²) in [4.78, 5) is 13.3. The first-order valence-electron chi connectivity index (χ1n) is 5.04. The summed E-state index contributed by atoms with van der Waals surface area (Å²) in [7, 11) is 1.75. The average molecular weight is 206 g/mol. The lowest BCUT2D eigenvalue weighted by Gasteiger charge is -2.21. The minimum atomic E-state index is -0.462. The van der Waals surface area contributed by atoms with E-state index in [1.807, 2.05) is 26.0 Å². The Morgan fingerprint density at radius 2 is 2.00 bits per heavy atom. The topological polar surface area (TPSA) is 46.3 Å². The summed E-state index contributed by atoms with van der Waals surface area (Å²) in [5.41, 5.74) is 8.76. The van der Waals surface area contributed by atoms with Crippen LogP contribution in [-0.2, 0) is 4.79 Å². The van der Waals surface area contributed by atoms with Crippen molar-refractivity contribution < 1.29 is 4.79 Å². The first-order chi connectivity index (χ1) is 6.93. The molecule has 1 aromatic rings. The normalized spacial score (nSPS) is 12.3. The second-order valence-electron chi connectivity index (χ2n) is 3.98. The predicted molar refractivity (Wildman–Crippen MR) is 63.0 cm³/mol. The Hall–Kier alpha value is -1.35. The molecule has 0 unspecified atom stereocenters. The third kappa shape index (κ3) is 2.57. The van der Waals surface area contributed by atoms with Gasteiger partial charge in [-0.2, -0.15) is 0 Å². The Kier molecular flexibility index (Phi) is 3.48. The van der Waals surface area contributed by atoms with Crippen molar-refractivity contribution >= 4 is 11.6 Å². The van der Waals surface area contributed by atoms with Crippen LogP contribution in [0.5, 0.6) is 0 Å². The van der Waals surface area contributed by atoms with Gasteiger partial charge in [0.15, 0.2) is 0 Å². The van der Waals surface area contributed by atoms with E-state index in [4.69, 9.17) is 5.73 Å². The first-order valence-corrected chi connectivity index (χ1v) is 5.04. The standard InChI is InChI=1S/C12H18N2O/c1-8-5-6-11(9(2)7-8)14(4)12(15)10(3)13/h5-7,10H,13H2,1-4H3/t10-/m1/s1. The highest BCUT2D eigenvalue weighted by molar-refractivity contribution is 5.96. The summed E-state index contributed by atoms with van der Waals surface area (Å²) in [5.74, 6) is -0.0676. The highest BCUT2D eigenvalue weighted by Crippen LogP contribution is 2.20. The number of amides is 1. The van der Waals surface area contributed by atoms with Crippen molar-refractivity contribution in [1.29, 1.82) is 0 Å². The highest BCUT2D eigenvalue weighted by Gasteiger charge is 2.16. The molecule has 0 spiro atoms. The summed E-state index contributed by atoms with van der Waals surface area (Å²) in [6, 6.07) is 5.54.